The van der Waals surface area contributed by atoms with Crippen LogP contribution < -0.4 is 10.1 Å². The van der Waals surface area contributed by atoms with Crippen LogP contribution in [0.2, 0.25) is 0 Å². The molecule has 0 spiro atoms. The van der Waals surface area contributed by atoms with E-state index in [1.165, 1.54) is 5.56 Å². The van der Waals surface area contributed by atoms with Crippen LogP contribution in [0.5, 0.6) is 5.75 Å². The molecular formula is C31H40N4O3. The van der Waals surface area contributed by atoms with E-state index >= 15 is 0 Å². The van der Waals surface area contributed by atoms with Crippen LogP contribution in [0.15, 0.2) is 54.7 Å². The van der Waals surface area contributed by atoms with E-state index in [9.17, 15) is 9.59 Å². The number of rotatable bonds is 7. The fraction of sp³-hybridized carbons (Fsp3) is 0.484. The van der Waals surface area contributed by atoms with Gasteiger partial charge in [0.25, 0.3) is 5.91 Å². The second-order valence-corrected chi connectivity index (χ2v) is 12.1. The van der Waals surface area contributed by atoms with Crippen molar-refractivity contribution in [3.63, 3.8) is 0 Å². The van der Waals surface area contributed by atoms with Gasteiger partial charge in [0.05, 0.1) is 6.54 Å². The SMILES string of the molecule is C=C1CC[C@@H](N2Cc3c(OCc4ccc(CN5CCN(CC(C)(C)C)CC5)cc4)cccc3C2=O)C(=O)N1. The molecule has 0 bridgehead atoms. The van der Waals surface area contributed by atoms with E-state index in [-0.39, 0.29) is 11.8 Å². The smallest absolute Gasteiger partial charge is 0.255 e. The molecule has 5 rings (SSSR count). The molecule has 3 heterocycles. The highest BCUT2D eigenvalue weighted by Crippen LogP contribution is 2.34. The number of fused-ring (bicyclic) bond motifs is 1. The van der Waals surface area contributed by atoms with Gasteiger partial charge in [-0.15, -0.1) is 0 Å². The lowest BCUT2D eigenvalue weighted by Crippen LogP contribution is -2.49. The fourth-order valence-corrected chi connectivity index (χ4v) is 5.71. The first-order chi connectivity index (χ1) is 18.2. The molecule has 0 unspecified atom stereocenters. The number of amides is 2. The van der Waals surface area contributed by atoms with Gasteiger partial charge in [-0.2, -0.15) is 0 Å². The molecule has 2 saturated heterocycles. The van der Waals surface area contributed by atoms with Crippen molar-refractivity contribution >= 4 is 11.8 Å². The summed E-state index contributed by atoms with van der Waals surface area (Å²) in [6.45, 7) is 18.2. The lowest BCUT2D eigenvalue weighted by atomic mass is 9.96. The van der Waals surface area contributed by atoms with Gasteiger partial charge in [-0.3, -0.25) is 14.5 Å². The molecular weight excluding hydrogens is 476 g/mol. The Morgan fingerprint density at radius 1 is 0.974 bits per heavy atom. The second kappa shape index (κ2) is 10.9. The molecule has 202 valence electrons. The van der Waals surface area contributed by atoms with Crippen molar-refractivity contribution in [1.29, 1.82) is 0 Å². The average molecular weight is 517 g/mol. The fourth-order valence-electron chi connectivity index (χ4n) is 5.71. The van der Waals surface area contributed by atoms with Gasteiger partial charge in [-0.1, -0.05) is 57.7 Å². The maximum Gasteiger partial charge on any atom is 0.255 e. The topological polar surface area (TPSA) is 65.1 Å². The highest BCUT2D eigenvalue weighted by atomic mass is 16.5. The molecule has 1 atom stereocenters. The predicted octanol–water partition coefficient (Wildman–Crippen LogP) is 4.18. The first-order valence-electron chi connectivity index (χ1n) is 13.7. The van der Waals surface area contributed by atoms with E-state index in [4.69, 9.17) is 4.74 Å². The third-order valence-electron chi connectivity index (χ3n) is 7.64. The highest BCUT2D eigenvalue weighted by Gasteiger charge is 2.39. The quantitative estimate of drug-likeness (QED) is 0.598. The van der Waals surface area contributed by atoms with Crippen LogP contribution in [0.1, 0.15) is 60.7 Å². The Kier molecular flexibility index (Phi) is 7.59. The summed E-state index contributed by atoms with van der Waals surface area (Å²) < 4.78 is 6.19. The summed E-state index contributed by atoms with van der Waals surface area (Å²) in [4.78, 5) is 32.4. The monoisotopic (exact) mass is 516 g/mol. The molecule has 0 aliphatic carbocycles. The van der Waals surface area contributed by atoms with Crippen molar-refractivity contribution in [3.05, 3.63) is 77.0 Å². The van der Waals surface area contributed by atoms with Crippen molar-refractivity contribution in [2.45, 2.75) is 59.4 Å². The molecule has 2 fully saturated rings. The number of nitrogens with zero attached hydrogens (tertiary/aromatic N) is 3. The molecule has 0 saturated carbocycles. The number of ether oxygens (including phenoxy) is 1. The molecule has 2 aromatic rings. The summed E-state index contributed by atoms with van der Waals surface area (Å²) in [6, 6.07) is 13.8. The molecule has 3 aliphatic rings. The van der Waals surface area contributed by atoms with Crippen LogP contribution >= 0.6 is 0 Å². The number of benzene rings is 2. The van der Waals surface area contributed by atoms with E-state index in [1.54, 1.807) is 4.90 Å². The summed E-state index contributed by atoms with van der Waals surface area (Å²) in [7, 11) is 0. The third kappa shape index (κ3) is 6.11. The zero-order valence-corrected chi connectivity index (χ0v) is 23.0. The first kappa shape index (κ1) is 26.4. The lowest BCUT2D eigenvalue weighted by molar-refractivity contribution is -0.126. The maximum absolute atomic E-state index is 13.1. The summed E-state index contributed by atoms with van der Waals surface area (Å²) in [5, 5.41) is 2.79. The summed E-state index contributed by atoms with van der Waals surface area (Å²) in [6.07, 6.45) is 1.28. The number of nitrogens with one attached hydrogen (secondary N) is 1. The summed E-state index contributed by atoms with van der Waals surface area (Å²) in [5.74, 6) is 0.439. The molecule has 7 heteroatoms. The van der Waals surface area contributed by atoms with Crippen molar-refractivity contribution in [3.8, 4) is 5.75 Å². The van der Waals surface area contributed by atoms with Gasteiger partial charge in [-0.05, 0) is 41.5 Å². The number of carbonyl (C=O) groups is 2. The maximum atomic E-state index is 13.1. The van der Waals surface area contributed by atoms with E-state index in [1.807, 2.05) is 18.2 Å². The number of piperazine rings is 1. The molecule has 3 aliphatic heterocycles. The third-order valence-corrected chi connectivity index (χ3v) is 7.64. The number of piperidine rings is 1. The van der Waals surface area contributed by atoms with Gasteiger partial charge in [0.15, 0.2) is 0 Å². The van der Waals surface area contributed by atoms with E-state index in [2.05, 4.69) is 66.7 Å². The second-order valence-electron chi connectivity index (χ2n) is 12.1. The van der Waals surface area contributed by atoms with Crippen LogP contribution in [0.4, 0.5) is 0 Å². The predicted molar refractivity (Wildman–Crippen MR) is 149 cm³/mol. The van der Waals surface area contributed by atoms with Crippen LogP contribution in [0.3, 0.4) is 0 Å². The Morgan fingerprint density at radius 2 is 1.66 bits per heavy atom. The minimum atomic E-state index is -0.470. The number of hydrogen-bond donors (Lipinski definition) is 1. The molecule has 1 N–H and O–H groups in total. The number of allylic oxidation sites excluding steroid dienone is 1. The number of carbonyl (C=O) groups excluding carboxylic acids is 2. The van der Waals surface area contributed by atoms with Gasteiger partial charge >= 0.3 is 0 Å². The Morgan fingerprint density at radius 3 is 2.34 bits per heavy atom. The van der Waals surface area contributed by atoms with Gasteiger partial charge in [0.2, 0.25) is 5.91 Å². The average Bonchev–Trinajstić information content (AvgIpc) is 3.21. The summed E-state index contributed by atoms with van der Waals surface area (Å²) >= 11 is 0. The van der Waals surface area contributed by atoms with Crippen LogP contribution in [-0.4, -0.2) is 65.3 Å². The Labute approximate surface area is 226 Å². The van der Waals surface area contributed by atoms with Crippen molar-refractivity contribution in [2.75, 3.05) is 32.7 Å². The Balaban J connectivity index is 1.15. The van der Waals surface area contributed by atoms with Gasteiger partial charge in [0.1, 0.15) is 18.4 Å². The first-order valence-corrected chi connectivity index (χ1v) is 13.7. The molecule has 0 radical (unpaired) electrons. The number of hydrogen-bond acceptors (Lipinski definition) is 5. The van der Waals surface area contributed by atoms with Gasteiger partial charge in [-0.25, -0.2) is 0 Å². The van der Waals surface area contributed by atoms with Gasteiger partial charge in [0, 0.05) is 56.1 Å². The van der Waals surface area contributed by atoms with Crippen molar-refractivity contribution < 1.29 is 14.3 Å². The van der Waals surface area contributed by atoms with Crippen LogP contribution in [0, 0.1) is 5.41 Å². The minimum absolute atomic E-state index is 0.110. The zero-order chi connectivity index (χ0) is 26.9. The van der Waals surface area contributed by atoms with Crippen molar-refractivity contribution in [2.24, 2.45) is 5.41 Å². The van der Waals surface area contributed by atoms with Crippen LogP contribution in [-0.2, 0) is 24.5 Å². The Hall–Kier alpha value is -3.16. The minimum Gasteiger partial charge on any atom is -0.489 e. The molecule has 2 amide bonds. The van der Waals surface area contributed by atoms with Crippen molar-refractivity contribution in [1.82, 2.24) is 20.0 Å². The normalized spacial score (nSPS) is 21.0. The molecule has 0 aromatic heterocycles. The molecule has 7 nitrogen and oxygen atoms in total. The van der Waals surface area contributed by atoms with Crippen LogP contribution in [0.25, 0.3) is 0 Å². The van der Waals surface area contributed by atoms with E-state index in [0.717, 1.165) is 50.4 Å². The molecule has 2 aromatic carbocycles. The standard InChI is InChI=1S/C31H40N4O3/c1-22-8-13-27(29(36)32-22)35-19-26-25(30(35)37)6-5-7-28(26)38-20-24-11-9-23(10-12-24)18-33-14-16-34(17-15-33)21-31(2,3)4/h5-7,9-12,27H,1,8,13-21H2,2-4H3,(H,32,36)/t27-/m1/s1. The largest absolute Gasteiger partial charge is 0.489 e. The lowest BCUT2D eigenvalue weighted by Gasteiger charge is -2.37. The van der Waals surface area contributed by atoms with E-state index in [0.29, 0.717) is 48.4 Å². The summed E-state index contributed by atoms with van der Waals surface area (Å²) in [5.41, 5.74) is 4.94. The van der Waals surface area contributed by atoms with Gasteiger partial charge < -0.3 is 19.9 Å². The highest BCUT2D eigenvalue weighted by molar-refractivity contribution is 6.02. The Bertz CT molecular complexity index is 1190. The zero-order valence-electron chi connectivity index (χ0n) is 23.0. The molecule has 38 heavy (non-hydrogen) atoms. The van der Waals surface area contributed by atoms with E-state index < -0.39 is 6.04 Å².